The molecule has 1 aliphatic rings. The fraction of sp³-hybridized carbons (Fsp3) is 0.714. The van der Waals surface area contributed by atoms with Crippen LogP contribution < -0.4 is 5.32 Å². The molecule has 0 aliphatic carbocycles. The summed E-state index contributed by atoms with van der Waals surface area (Å²) in [6.45, 7) is 8.61. The summed E-state index contributed by atoms with van der Waals surface area (Å²) in [4.78, 5) is 0. The van der Waals surface area contributed by atoms with Crippen LogP contribution >= 0.6 is 0 Å². The highest BCUT2D eigenvalue weighted by atomic mass is 16.5. The van der Waals surface area contributed by atoms with Crippen molar-refractivity contribution in [3.05, 3.63) is 12.3 Å². The third-order valence-corrected chi connectivity index (χ3v) is 1.57. The van der Waals surface area contributed by atoms with Crippen LogP contribution in [-0.2, 0) is 4.74 Å². The Morgan fingerprint density at radius 3 is 2.78 bits per heavy atom. The minimum atomic E-state index is 0.574. The molecule has 9 heavy (non-hydrogen) atoms. The summed E-state index contributed by atoms with van der Waals surface area (Å²) in [5, 5.41) is 3.16. The summed E-state index contributed by atoms with van der Waals surface area (Å²) < 4.78 is 5.21. The van der Waals surface area contributed by atoms with E-state index in [1.807, 2.05) is 6.92 Å². The second-order valence-electron chi connectivity index (χ2n) is 2.25. The normalized spacial score (nSPS) is 18.8. The lowest BCUT2D eigenvalue weighted by atomic mass is 10.0. The minimum absolute atomic E-state index is 0.574. The molecule has 0 aromatic carbocycles. The van der Waals surface area contributed by atoms with Gasteiger partial charge < -0.3 is 10.1 Å². The van der Waals surface area contributed by atoms with Gasteiger partial charge in [-0.3, -0.25) is 0 Å². The van der Waals surface area contributed by atoms with Crippen molar-refractivity contribution in [3.8, 4) is 0 Å². The Hall–Kier alpha value is -0.500. The highest BCUT2D eigenvalue weighted by Gasteiger charge is 2.20. The Morgan fingerprint density at radius 1 is 1.78 bits per heavy atom. The Kier molecular flexibility index (Phi) is 2.11. The summed E-state index contributed by atoms with van der Waals surface area (Å²) >= 11 is 0. The average Bonchev–Trinajstić information content (AvgIpc) is 1.60. The largest absolute Gasteiger partial charge is 0.498 e. The monoisotopic (exact) mass is 127 g/mol. The van der Waals surface area contributed by atoms with Gasteiger partial charge in [-0.15, -0.1) is 0 Å². The summed E-state index contributed by atoms with van der Waals surface area (Å²) in [7, 11) is 0. The van der Waals surface area contributed by atoms with Crippen molar-refractivity contribution in [3.63, 3.8) is 0 Å². The smallest absolute Gasteiger partial charge is 0.0944 e. The minimum Gasteiger partial charge on any atom is -0.498 e. The van der Waals surface area contributed by atoms with E-state index in [1.54, 1.807) is 0 Å². The van der Waals surface area contributed by atoms with Gasteiger partial charge in [-0.2, -0.15) is 0 Å². The third-order valence-electron chi connectivity index (χ3n) is 1.57. The number of nitrogens with one attached hydrogen (secondary N) is 1. The summed E-state index contributed by atoms with van der Waals surface area (Å²) in [6, 6.07) is 0. The molecule has 0 unspecified atom stereocenters. The maximum absolute atomic E-state index is 5.21. The van der Waals surface area contributed by atoms with E-state index in [4.69, 9.17) is 4.74 Å². The molecule has 2 nitrogen and oxygen atoms in total. The quantitative estimate of drug-likeness (QED) is 0.565. The number of ether oxygens (including phenoxy) is 1. The van der Waals surface area contributed by atoms with Crippen molar-refractivity contribution in [1.82, 2.24) is 5.32 Å². The molecule has 1 fully saturated rings. The average molecular weight is 127 g/mol. The lowest BCUT2D eigenvalue weighted by Gasteiger charge is -2.28. The van der Waals surface area contributed by atoms with E-state index in [0.29, 0.717) is 5.92 Å². The first-order valence-corrected chi connectivity index (χ1v) is 3.37. The molecule has 2 heteroatoms. The van der Waals surface area contributed by atoms with Gasteiger partial charge >= 0.3 is 0 Å². The van der Waals surface area contributed by atoms with Gasteiger partial charge in [-0.05, 0) is 6.92 Å². The Morgan fingerprint density at radius 2 is 2.44 bits per heavy atom. The topological polar surface area (TPSA) is 21.3 Å². The molecule has 1 aliphatic heterocycles. The van der Waals surface area contributed by atoms with Crippen LogP contribution in [0.2, 0.25) is 0 Å². The van der Waals surface area contributed by atoms with Crippen LogP contribution in [-0.4, -0.2) is 19.7 Å². The number of hydrogen-bond donors (Lipinski definition) is 1. The van der Waals surface area contributed by atoms with E-state index in [9.17, 15) is 0 Å². The first-order chi connectivity index (χ1) is 4.34. The summed E-state index contributed by atoms with van der Waals surface area (Å²) in [5.41, 5.74) is 0. The van der Waals surface area contributed by atoms with Gasteiger partial charge in [0.05, 0.1) is 12.4 Å². The van der Waals surface area contributed by atoms with Crippen LogP contribution in [0, 0.1) is 5.92 Å². The van der Waals surface area contributed by atoms with Crippen molar-refractivity contribution in [1.29, 1.82) is 0 Å². The van der Waals surface area contributed by atoms with Gasteiger partial charge in [0.15, 0.2) is 0 Å². The maximum atomic E-state index is 5.21. The van der Waals surface area contributed by atoms with E-state index >= 15 is 0 Å². The molecule has 0 spiro atoms. The summed E-state index contributed by atoms with van der Waals surface area (Å²) in [5.74, 6) is 1.51. The zero-order valence-electron chi connectivity index (χ0n) is 5.81. The lowest BCUT2D eigenvalue weighted by Crippen LogP contribution is -2.43. The zero-order chi connectivity index (χ0) is 6.69. The predicted octanol–water partition coefficient (Wildman–Crippen LogP) is 0.756. The molecule has 0 bridgehead atoms. The number of rotatable bonds is 3. The van der Waals surface area contributed by atoms with E-state index in [1.165, 1.54) is 0 Å². The van der Waals surface area contributed by atoms with Gasteiger partial charge in [0.2, 0.25) is 0 Å². The van der Waals surface area contributed by atoms with Gasteiger partial charge in [0.25, 0.3) is 0 Å². The molecule has 0 aromatic rings. The summed E-state index contributed by atoms with van der Waals surface area (Å²) in [6.07, 6.45) is 0. The molecule has 52 valence electrons. The molecule has 1 N–H and O–H groups in total. The molecule has 0 amide bonds. The van der Waals surface area contributed by atoms with E-state index < -0.39 is 0 Å². The predicted molar refractivity (Wildman–Crippen MR) is 37.1 cm³/mol. The SMILES string of the molecule is C=C(OCC)C1CNC1. The lowest BCUT2D eigenvalue weighted by molar-refractivity contribution is 0.168. The van der Waals surface area contributed by atoms with Crippen molar-refractivity contribution in [2.45, 2.75) is 6.92 Å². The highest BCUT2D eigenvalue weighted by Crippen LogP contribution is 2.13. The molecule has 0 aromatic heterocycles. The van der Waals surface area contributed by atoms with E-state index in [-0.39, 0.29) is 0 Å². The van der Waals surface area contributed by atoms with Gasteiger partial charge in [0.1, 0.15) is 0 Å². The standard InChI is InChI=1S/C7H13NO/c1-3-9-6(2)7-4-8-5-7/h7-8H,2-5H2,1H3. The van der Waals surface area contributed by atoms with Crippen LogP contribution in [0.15, 0.2) is 12.3 Å². The fourth-order valence-electron chi connectivity index (χ4n) is 0.820. The molecule has 1 saturated heterocycles. The highest BCUT2D eigenvalue weighted by molar-refractivity contribution is 4.98. The second kappa shape index (κ2) is 2.87. The van der Waals surface area contributed by atoms with Crippen molar-refractivity contribution >= 4 is 0 Å². The Balaban J connectivity index is 2.16. The van der Waals surface area contributed by atoms with Gasteiger partial charge in [-0.25, -0.2) is 0 Å². The van der Waals surface area contributed by atoms with Crippen LogP contribution in [0.4, 0.5) is 0 Å². The van der Waals surface area contributed by atoms with Crippen molar-refractivity contribution < 1.29 is 4.74 Å². The molecule has 1 rings (SSSR count). The number of hydrogen-bond acceptors (Lipinski definition) is 2. The van der Waals surface area contributed by atoms with Crippen LogP contribution in [0.3, 0.4) is 0 Å². The molecule has 0 saturated carbocycles. The zero-order valence-corrected chi connectivity index (χ0v) is 5.81. The van der Waals surface area contributed by atoms with Gasteiger partial charge in [-0.1, -0.05) is 6.58 Å². The second-order valence-corrected chi connectivity index (χ2v) is 2.25. The van der Waals surface area contributed by atoms with Crippen LogP contribution in [0.5, 0.6) is 0 Å². The Bertz CT molecular complexity index is 107. The van der Waals surface area contributed by atoms with Crippen LogP contribution in [0.25, 0.3) is 0 Å². The molecule has 1 heterocycles. The molecular weight excluding hydrogens is 114 g/mol. The first-order valence-electron chi connectivity index (χ1n) is 3.37. The Labute approximate surface area is 55.9 Å². The van der Waals surface area contributed by atoms with Crippen molar-refractivity contribution in [2.75, 3.05) is 19.7 Å². The molecule has 0 radical (unpaired) electrons. The van der Waals surface area contributed by atoms with E-state index in [2.05, 4.69) is 11.9 Å². The third kappa shape index (κ3) is 1.45. The van der Waals surface area contributed by atoms with E-state index in [0.717, 1.165) is 25.5 Å². The van der Waals surface area contributed by atoms with Crippen molar-refractivity contribution in [2.24, 2.45) is 5.92 Å². The first kappa shape index (κ1) is 6.62. The molecular formula is C7H13NO. The maximum Gasteiger partial charge on any atom is 0.0944 e. The van der Waals surface area contributed by atoms with Gasteiger partial charge in [0, 0.05) is 19.0 Å². The molecule has 0 atom stereocenters. The fourth-order valence-corrected chi connectivity index (χ4v) is 0.820. The van der Waals surface area contributed by atoms with Crippen LogP contribution in [0.1, 0.15) is 6.92 Å².